The second kappa shape index (κ2) is 7.67. The van der Waals surface area contributed by atoms with E-state index in [1.54, 1.807) is 18.2 Å². The predicted molar refractivity (Wildman–Crippen MR) is 111 cm³/mol. The summed E-state index contributed by atoms with van der Waals surface area (Å²) in [5.41, 5.74) is 8.95. The number of carbonyl (C=O) groups is 2. The molecule has 3 aromatic carbocycles. The molecule has 6 heteroatoms. The van der Waals surface area contributed by atoms with E-state index in [2.05, 4.69) is 16.7 Å². The van der Waals surface area contributed by atoms with Crippen LogP contribution in [-0.2, 0) is 17.8 Å². The van der Waals surface area contributed by atoms with Crippen LogP contribution in [0.15, 0.2) is 66.7 Å². The van der Waals surface area contributed by atoms with Gasteiger partial charge in [0.25, 0.3) is 0 Å². The number of rotatable bonds is 7. The van der Waals surface area contributed by atoms with Crippen LogP contribution in [0.25, 0.3) is 21.8 Å². The second-order valence-electron chi connectivity index (χ2n) is 6.78. The van der Waals surface area contributed by atoms with Gasteiger partial charge in [-0.1, -0.05) is 42.5 Å². The fourth-order valence-corrected chi connectivity index (χ4v) is 3.74. The van der Waals surface area contributed by atoms with Gasteiger partial charge in [-0.25, -0.2) is 4.79 Å². The summed E-state index contributed by atoms with van der Waals surface area (Å²) in [6.07, 6.45) is 0.806. The van der Waals surface area contributed by atoms with Crippen molar-refractivity contribution in [3.63, 3.8) is 0 Å². The monoisotopic (exact) mass is 388 g/mol. The van der Waals surface area contributed by atoms with Gasteiger partial charge >= 0.3 is 5.97 Å². The van der Waals surface area contributed by atoms with Crippen molar-refractivity contribution in [1.82, 2.24) is 4.57 Å². The Labute approximate surface area is 167 Å². The topological polar surface area (TPSA) is 94.6 Å². The second-order valence-corrected chi connectivity index (χ2v) is 6.78. The Morgan fingerprint density at radius 1 is 0.897 bits per heavy atom. The summed E-state index contributed by atoms with van der Waals surface area (Å²) in [5, 5.41) is 10.4. The number of nitrogens with two attached hydrogens (primary N) is 1. The number of carboxylic acids is 1. The Kier molecular flexibility index (Phi) is 4.91. The lowest BCUT2D eigenvalue weighted by Gasteiger charge is -2.09. The molecular formula is C23H20N2O4. The normalized spacial score (nSPS) is 11.0. The molecule has 0 aliphatic heterocycles. The number of hydrogen-bond donors (Lipinski definition) is 2. The van der Waals surface area contributed by atoms with Crippen molar-refractivity contribution in [3.05, 3.63) is 77.9 Å². The van der Waals surface area contributed by atoms with Crippen LogP contribution in [0.1, 0.15) is 15.9 Å². The number of primary amides is 1. The number of hydrogen-bond acceptors (Lipinski definition) is 3. The predicted octanol–water partition coefficient (Wildman–Crippen LogP) is 3.60. The average molecular weight is 388 g/mol. The third-order valence-electron chi connectivity index (χ3n) is 4.96. The minimum Gasteiger partial charge on any atom is -0.481 e. The van der Waals surface area contributed by atoms with Gasteiger partial charge in [0.15, 0.2) is 6.61 Å². The number of carboxylic acid groups (broad SMARTS) is 1. The van der Waals surface area contributed by atoms with Gasteiger partial charge in [0.2, 0.25) is 5.91 Å². The number of benzene rings is 3. The van der Waals surface area contributed by atoms with Gasteiger partial charge in [0.1, 0.15) is 5.75 Å². The van der Waals surface area contributed by atoms with E-state index in [1.165, 1.54) is 5.56 Å². The van der Waals surface area contributed by atoms with Gasteiger partial charge in [0.05, 0.1) is 16.4 Å². The zero-order chi connectivity index (χ0) is 20.4. The molecule has 1 amide bonds. The van der Waals surface area contributed by atoms with E-state index in [0.717, 1.165) is 17.5 Å². The number of nitrogens with zero attached hydrogens (tertiary/aromatic N) is 1. The standard InChI is InChI=1S/C23H20N2O4/c24-23(28)16-8-4-9-17-21(16)22-18(10-5-11-19(22)29-14-20(26)27)25(17)13-12-15-6-2-1-3-7-15/h1-11H,12-14H2,(H2,24,28)(H,26,27). The number of aliphatic carboxylic acids is 1. The van der Waals surface area contributed by atoms with E-state index in [0.29, 0.717) is 28.6 Å². The zero-order valence-electron chi connectivity index (χ0n) is 15.7. The van der Waals surface area contributed by atoms with E-state index in [9.17, 15) is 9.59 Å². The molecule has 0 saturated heterocycles. The number of carbonyl (C=O) groups excluding carboxylic acids is 1. The van der Waals surface area contributed by atoms with E-state index < -0.39 is 18.5 Å². The third kappa shape index (κ3) is 3.52. The van der Waals surface area contributed by atoms with Gasteiger partial charge < -0.3 is 20.1 Å². The van der Waals surface area contributed by atoms with Gasteiger partial charge in [-0.3, -0.25) is 4.79 Å². The van der Waals surface area contributed by atoms with E-state index in [4.69, 9.17) is 15.6 Å². The molecule has 1 aromatic heterocycles. The van der Waals surface area contributed by atoms with Crippen LogP contribution in [0.3, 0.4) is 0 Å². The minimum absolute atomic E-state index is 0.386. The Bertz CT molecular complexity index is 1210. The molecular weight excluding hydrogens is 368 g/mol. The molecule has 0 saturated carbocycles. The van der Waals surface area contributed by atoms with Crippen molar-refractivity contribution in [2.45, 2.75) is 13.0 Å². The number of aromatic nitrogens is 1. The van der Waals surface area contributed by atoms with Crippen molar-refractivity contribution in [2.24, 2.45) is 5.73 Å². The summed E-state index contributed by atoms with van der Waals surface area (Å²) in [5.74, 6) is -1.18. The van der Waals surface area contributed by atoms with E-state index in [-0.39, 0.29) is 0 Å². The summed E-state index contributed by atoms with van der Waals surface area (Å²) in [6, 6.07) is 21.0. The summed E-state index contributed by atoms with van der Waals surface area (Å²) in [4.78, 5) is 23.1. The molecule has 0 bridgehead atoms. The molecule has 0 aliphatic rings. The summed E-state index contributed by atoms with van der Waals surface area (Å²) in [6.45, 7) is 0.225. The molecule has 0 aliphatic carbocycles. The molecule has 0 atom stereocenters. The van der Waals surface area contributed by atoms with Crippen molar-refractivity contribution in [1.29, 1.82) is 0 Å². The molecule has 146 valence electrons. The molecule has 1 heterocycles. The minimum atomic E-state index is -1.06. The fourth-order valence-electron chi connectivity index (χ4n) is 3.74. The Morgan fingerprint density at radius 3 is 2.28 bits per heavy atom. The van der Waals surface area contributed by atoms with Gasteiger partial charge in [-0.05, 0) is 36.2 Å². The zero-order valence-corrected chi connectivity index (χ0v) is 15.7. The summed E-state index contributed by atoms with van der Waals surface area (Å²) >= 11 is 0. The molecule has 0 fully saturated rings. The maximum atomic E-state index is 12.1. The van der Waals surface area contributed by atoms with Crippen LogP contribution in [0.5, 0.6) is 5.75 Å². The lowest BCUT2D eigenvalue weighted by atomic mass is 10.1. The maximum absolute atomic E-state index is 12.1. The van der Waals surface area contributed by atoms with Gasteiger partial charge in [0, 0.05) is 17.5 Å². The fraction of sp³-hybridized carbons (Fsp3) is 0.130. The molecule has 6 nitrogen and oxygen atoms in total. The Balaban J connectivity index is 1.92. The van der Waals surface area contributed by atoms with Crippen LogP contribution in [0.4, 0.5) is 0 Å². The quantitative estimate of drug-likeness (QED) is 0.506. The highest BCUT2D eigenvalue weighted by Gasteiger charge is 2.19. The first kappa shape index (κ1) is 18.6. The van der Waals surface area contributed by atoms with Crippen LogP contribution >= 0.6 is 0 Å². The SMILES string of the molecule is NC(=O)c1cccc2c1c1c(OCC(=O)O)cccc1n2CCc1ccccc1. The highest BCUT2D eigenvalue weighted by molar-refractivity contribution is 6.19. The Morgan fingerprint density at radius 2 is 1.59 bits per heavy atom. The highest BCUT2D eigenvalue weighted by atomic mass is 16.5. The molecule has 0 radical (unpaired) electrons. The van der Waals surface area contributed by atoms with Crippen molar-refractivity contribution < 1.29 is 19.4 Å². The van der Waals surface area contributed by atoms with Crippen LogP contribution < -0.4 is 10.5 Å². The molecule has 4 aromatic rings. The summed E-state index contributed by atoms with van der Waals surface area (Å²) < 4.78 is 7.66. The smallest absolute Gasteiger partial charge is 0.341 e. The number of ether oxygens (including phenoxy) is 1. The van der Waals surface area contributed by atoms with Crippen molar-refractivity contribution in [2.75, 3.05) is 6.61 Å². The lowest BCUT2D eigenvalue weighted by molar-refractivity contribution is -0.139. The molecule has 0 spiro atoms. The van der Waals surface area contributed by atoms with Crippen LogP contribution in [0, 0.1) is 0 Å². The maximum Gasteiger partial charge on any atom is 0.341 e. The van der Waals surface area contributed by atoms with Gasteiger partial charge in [-0.2, -0.15) is 0 Å². The summed E-state index contributed by atoms with van der Waals surface area (Å²) in [7, 11) is 0. The number of aryl methyl sites for hydroxylation is 2. The van der Waals surface area contributed by atoms with Crippen LogP contribution in [-0.4, -0.2) is 28.2 Å². The van der Waals surface area contributed by atoms with Crippen LogP contribution in [0.2, 0.25) is 0 Å². The number of fused-ring (bicyclic) bond motifs is 3. The largest absolute Gasteiger partial charge is 0.481 e. The molecule has 29 heavy (non-hydrogen) atoms. The van der Waals surface area contributed by atoms with Crippen molar-refractivity contribution >= 4 is 33.7 Å². The first-order valence-corrected chi connectivity index (χ1v) is 9.28. The van der Waals surface area contributed by atoms with Crippen molar-refractivity contribution in [3.8, 4) is 5.75 Å². The lowest BCUT2D eigenvalue weighted by Crippen LogP contribution is -2.11. The first-order chi connectivity index (χ1) is 14.1. The first-order valence-electron chi connectivity index (χ1n) is 9.28. The average Bonchev–Trinajstić information content (AvgIpc) is 3.05. The molecule has 3 N–H and O–H groups in total. The highest BCUT2D eigenvalue weighted by Crippen LogP contribution is 2.37. The molecule has 4 rings (SSSR count). The molecule has 0 unspecified atom stereocenters. The third-order valence-corrected chi connectivity index (χ3v) is 4.96. The number of amides is 1. The van der Waals surface area contributed by atoms with Gasteiger partial charge in [-0.15, -0.1) is 0 Å². The Hall–Kier alpha value is -3.80. The van der Waals surface area contributed by atoms with E-state index >= 15 is 0 Å². The van der Waals surface area contributed by atoms with E-state index in [1.807, 2.05) is 36.4 Å².